The zero-order valence-corrected chi connectivity index (χ0v) is 15.7. The van der Waals surface area contributed by atoms with Crippen LogP contribution in [-0.4, -0.2) is 46.1 Å². The van der Waals surface area contributed by atoms with Gasteiger partial charge in [-0.3, -0.25) is 0 Å². The normalized spacial score (nSPS) is 15.3. The molecule has 0 amide bonds. The van der Waals surface area contributed by atoms with Crippen LogP contribution in [-0.2, 0) is 12.6 Å². The molecule has 6 nitrogen and oxygen atoms in total. The van der Waals surface area contributed by atoms with Crippen molar-refractivity contribution in [2.24, 2.45) is 0 Å². The van der Waals surface area contributed by atoms with Crippen molar-refractivity contribution in [1.29, 1.82) is 0 Å². The maximum absolute atomic E-state index is 13.0. The fraction of sp³-hybridized carbons (Fsp3) is 0.556. The van der Waals surface area contributed by atoms with Gasteiger partial charge < -0.3 is 9.80 Å². The lowest BCUT2D eigenvalue weighted by molar-refractivity contribution is -0.141. The molecule has 0 N–H and O–H groups in total. The molecule has 1 aliphatic heterocycles. The lowest BCUT2D eigenvalue weighted by atomic mass is 10.1. The van der Waals surface area contributed by atoms with Gasteiger partial charge in [0.05, 0.1) is 0 Å². The van der Waals surface area contributed by atoms with Crippen molar-refractivity contribution in [3.8, 4) is 0 Å². The molecule has 0 spiro atoms. The van der Waals surface area contributed by atoms with Crippen molar-refractivity contribution in [1.82, 2.24) is 19.9 Å². The molecule has 1 fully saturated rings. The highest BCUT2D eigenvalue weighted by Gasteiger charge is 2.34. The predicted molar refractivity (Wildman–Crippen MR) is 97.0 cm³/mol. The molecule has 3 heterocycles. The molecule has 0 aliphatic carbocycles. The van der Waals surface area contributed by atoms with Crippen LogP contribution in [0.2, 0.25) is 0 Å². The summed E-state index contributed by atoms with van der Waals surface area (Å²) in [6, 6.07) is 0.973. The largest absolute Gasteiger partial charge is 0.433 e. The van der Waals surface area contributed by atoms with Crippen molar-refractivity contribution in [3.05, 3.63) is 35.0 Å². The van der Waals surface area contributed by atoms with Crippen LogP contribution in [0.1, 0.15) is 36.1 Å². The molecule has 27 heavy (non-hydrogen) atoms. The monoisotopic (exact) mass is 380 g/mol. The lowest BCUT2D eigenvalue weighted by Crippen LogP contribution is -2.48. The summed E-state index contributed by atoms with van der Waals surface area (Å²) in [4.78, 5) is 20.8. The van der Waals surface area contributed by atoms with Crippen molar-refractivity contribution in [3.63, 3.8) is 0 Å². The number of halogens is 3. The summed E-state index contributed by atoms with van der Waals surface area (Å²) in [6.45, 7) is 7.88. The van der Waals surface area contributed by atoms with E-state index in [1.165, 1.54) is 0 Å². The minimum atomic E-state index is -4.47. The number of aryl methyl sites for hydroxylation is 3. The van der Waals surface area contributed by atoms with Crippen LogP contribution in [0.3, 0.4) is 0 Å². The van der Waals surface area contributed by atoms with Gasteiger partial charge in [-0.15, -0.1) is 0 Å². The van der Waals surface area contributed by atoms with Gasteiger partial charge in [-0.25, -0.2) is 19.9 Å². The standard InChI is InChI=1S/C18H23F3N6/c1-4-5-14-11-22-13(3)24-16(14)26-6-8-27(9-7-26)17-23-12(2)10-15(25-17)18(19,20)21/h10-11H,4-9H2,1-3H3. The molecule has 0 radical (unpaired) electrons. The summed E-state index contributed by atoms with van der Waals surface area (Å²) >= 11 is 0. The van der Waals surface area contributed by atoms with E-state index in [1.54, 1.807) is 11.8 Å². The van der Waals surface area contributed by atoms with Gasteiger partial charge in [0, 0.05) is 43.6 Å². The van der Waals surface area contributed by atoms with E-state index in [1.807, 2.05) is 13.1 Å². The average molecular weight is 380 g/mol. The first-order valence-electron chi connectivity index (χ1n) is 9.03. The van der Waals surface area contributed by atoms with E-state index >= 15 is 0 Å². The van der Waals surface area contributed by atoms with E-state index in [2.05, 4.69) is 31.8 Å². The third-order valence-corrected chi connectivity index (χ3v) is 4.48. The van der Waals surface area contributed by atoms with E-state index < -0.39 is 11.9 Å². The topological polar surface area (TPSA) is 58.0 Å². The molecule has 1 aliphatic rings. The molecule has 1 saturated heterocycles. The number of piperazine rings is 1. The van der Waals surface area contributed by atoms with Crippen LogP contribution in [0.5, 0.6) is 0 Å². The number of alkyl halides is 3. The zero-order chi connectivity index (χ0) is 19.6. The SMILES string of the molecule is CCCc1cnc(C)nc1N1CCN(c2nc(C)cc(C(F)(F)F)n2)CC1. The summed E-state index contributed by atoms with van der Waals surface area (Å²) in [5.74, 6) is 1.77. The molecule has 146 valence electrons. The quantitative estimate of drug-likeness (QED) is 0.812. The van der Waals surface area contributed by atoms with Crippen LogP contribution in [0.15, 0.2) is 12.3 Å². The molecule has 0 bridgehead atoms. The number of hydrogen-bond acceptors (Lipinski definition) is 6. The van der Waals surface area contributed by atoms with Crippen LogP contribution >= 0.6 is 0 Å². The van der Waals surface area contributed by atoms with Crippen molar-refractivity contribution in [2.45, 2.75) is 39.8 Å². The Hall–Kier alpha value is -2.45. The highest BCUT2D eigenvalue weighted by atomic mass is 19.4. The summed E-state index contributed by atoms with van der Waals surface area (Å²) < 4.78 is 39.1. The first kappa shape index (κ1) is 19.3. The van der Waals surface area contributed by atoms with Crippen molar-refractivity contribution >= 4 is 11.8 Å². The zero-order valence-electron chi connectivity index (χ0n) is 15.7. The van der Waals surface area contributed by atoms with Gasteiger partial charge in [-0.2, -0.15) is 13.2 Å². The Morgan fingerprint density at radius 3 is 2.30 bits per heavy atom. The second-order valence-corrected chi connectivity index (χ2v) is 6.68. The summed E-state index contributed by atoms with van der Waals surface area (Å²) in [5.41, 5.74) is 0.512. The molecule has 0 unspecified atom stereocenters. The third kappa shape index (κ3) is 4.45. The number of nitrogens with zero attached hydrogens (tertiary/aromatic N) is 6. The van der Waals surface area contributed by atoms with Crippen LogP contribution in [0, 0.1) is 13.8 Å². The Bertz CT molecular complexity index is 800. The van der Waals surface area contributed by atoms with E-state index in [9.17, 15) is 13.2 Å². The van der Waals surface area contributed by atoms with E-state index in [0.29, 0.717) is 37.7 Å². The second-order valence-electron chi connectivity index (χ2n) is 6.68. The van der Waals surface area contributed by atoms with E-state index in [4.69, 9.17) is 0 Å². The molecule has 0 atom stereocenters. The van der Waals surface area contributed by atoms with Gasteiger partial charge in [0.15, 0.2) is 0 Å². The molecular formula is C18H23F3N6. The van der Waals surface area contributed by atoms with Gasteiger partial charge in [0.2, 0.25) is 5.95 Å². The van der Waals surface area contributed by atoms with Crippen LogP contribution in [0.25, 0.3) is 0 Å². The fourth-order valence-electron chi connectivity index (χ4n) is 3.16. The van der Waals surface area contributed by atoms with Gasteiger partial charge in [0.1, 0.15) is 17.3 Å². The minimum Gasteiger partial charge on any atom is -0.353 e. The van der Waals surface area contributed by atoms with Gasteiger partial charge in [-0.05, 0) is 26.3 Å². The Kier molecular flexibility index (Phi) is 5.48. The highest BCUT2D eigenvalue weighted by molar-refractivity contribution is 5.48. The number of rotatable bonds is 4. The highest BCUT2D eigenvalue weighted by Crippen LogP contribution is 2.29. The maximum Gasteiger partial charge on any atom is 0.433 e. The molecular weight excluding hydrogens is 357 g/mol. The average Bonchev–Trinajstić information content (AvgIpc) is 2.62. The van der Waals surface area contributed by atoms with Gasteiger partial charge >= 0.3 is 6.18 Å². The van der Waals surface area contributed by atoms with E-state index in [0.717, 1.165) is 30.3 Å². The number of hydrogen-bond donors (Lipinski definition) is 0. The Labute approximate surface area is 156 Å². The minimum absolute atomic E-state index is 0.134. The lowest BCUT2D eigenvalue weighted by Gasteiger charge is -2.36. The smallest absolute Gasteiger partial charge is 0.353 e. The predicted octanol–water partition coefficient (Wildman–Crippen LogP) is 3.18. The van der Waals surface area contributed by atoms with Gasteiger partial charge in [-0.1, -0.05) is 13.3 Å². The van der Waals surface area contributed by atoms with Crippen LogP contribution < -0.4 is 9.80 Å². The molecule has 0 saturated carbocycles. The van der Waals surface area contributed by atoms with Gasteiger partial charge in [0.25, 0.3) is 0 Å². The van der Waals surface area contributed by atoms with E-state index in [-0.39, 0.29) is 5.95 Å². The molecule has 2 aromatic rings. The molecule has 2 aromatic heterocycles. The number of aromatic nitrogens is 4. The third-order valence-electron chi connectivity index (χ3n) is 4.48. The van der Waals surface area contributed by atoms with Crippen molar-refractivity contribution in [2.75, 3.05) is 36.0 Å². The molecule has 3 rings (SSSR count). The van der Waals surface area contributed by atoms with Crippen LogP contribution in [0.4, 0.5) is 24.9 Å². The Morgan fingerprint density at radius 1 is 1.00 bits per heavy atom. The summed E-state index contributed by atoms with van der Waals surface area (Å²) in [5, 5.41) is 0. The number of anilines is 2. The first-order valence-corrected chi connectivity index (χ1v) is 9.03. The second kappa shape index (κ2) is 7.66. The fourth-order valence-corrected chi connectivity index (χ4v) is 3.16. The molecule has 0 aromatic carbocycles. The maximum atomic E-state index is 13.0. The van der Waals surface area contributed by atoms with Crippen molar-refractivity contribution < 1.29 is 13.2 Å². The molecule has 9 heteroatoms. The first-order chi connectivity index (χ1) is 12.8. The Morgan fingerprint density at radius 2 is 1.67 bits per heavy atom. The Balaban J connectivity index is 1.77. The summed E-state index contributed by atoms with van der Waals surface area (Å²) in [7, 11) is 0. The summed E-state index contributed by atoms with van der Waals surface area (Å²) in [6.07, 6.45) is -0.715.